The molecule has 0 spiro atoms. The second-order valence-electron chi connectivity index (χ2n) is 6.18. The van der Waals surface area contributed by atoms with E-state index in [0.29, 0.717) is 10.8 Å². The van der Waals surface area contributed by atoms with E-state index >= 15 is 0 Å². The number of hydrogen-bond acceptors (Lipinski definition) is 3. The van der Waals surface area contributed by atoms with Gasteiger partial charge in [0.25, 0.3) is 5.56 Å². The van der Waals surface area contributed by atoms with E-state index in [-0.39, 0.29) is 11.6 Å². The number of rotatable bonds is 6. The molecule has 0 radical (unpaired) electrons. The molecule has 0 atom stereocenters. The highest BCUT2D eigenvalue weighted by Gasteiger charge is 2.15. The van der Waals surface area contributed by atoms with E-state index in [0.717, 1.165) is 41.8 Å². The van der Waals surface area contributed by atoms with E-state index in [1.54, 1.807) is 0 Å². The first kappa shape index (κ1) is 18.5. The Balaban J connectivity index is 2.55. The highest BCUT2D eigenvalue weighted by Crippen LogP contribution is 2.29. The summed E-state index contributed by atoms with van der Waals surface area (Å²) in [5, 5.41) is 3.78. The zero-order chi connectivity index (χ0) is 17.9. The van der Waals surface area contributed by atoms with E-state index in [4.69, 9.17) is 11.6 Å². The van der Waals surface area contributed by atoms with Gasteiger partial charge < -0.3 is 9.88 Å². The Kier molecular flexibility index (Phi) is 6.05. The van der Waals surface area contributed by atoms with Crippen LogP contribution >= 0.6 is 11.6 Å². The van der Waals surface area contributed by atoms with Crippen LogP contribution in [0.15, 0.2) is 23.1 Å². The summed E-state index contributed by atoms with van der Waals surface area (Å²) in [7, 11) is 0. The number of aromatic nitrogens is 2. The normalized spacial score (nSPS) is 11.1. The largest absolute Gasteiger partial charge is 0.334 e. The molecule has 2 aromatic rings. The van der Waals surface area contributed by atoms with Gasteiger partial charge in [0.15, 0.2) is 5.82 Å². The molecule has 5 heteroatoms. The average Bonchev–Trinajstić information content (AvgIpc) is 2.54. The van der Waals surface area contributed by atoms with Gasteiger partial charge in [-0.25, -0.2) is 4.98 Å². The number of aryl methyl sites for hydroxylation is 3. The van der Waals surface area contributed by atoms with Crippen LogP contribution < -0.4 is 10.9 Å². The maximum Gasteiger partial charge on any atom is 0.293 e. The minimum atomic E-state index is -0.100. The molecule has 1 aromatic heterocycles. The van der Waals surface area contributed by atoms with Crippen LogP contribution in [0.4, 0.5) is 11.5 Å². The van der Waals surface area contributed by atoms with Crippen molar-refractivity contribution in [2.45, 2.75) is 59.9 Å². The summed E-state index contributed by atoms with van der Waals surface area (Å²) in [6, 6.07) is 4.11. The Morgan fingerprint density at radius 2 is 1.88 bits per heavy atom. The molecule has 24 heavy (non-hydrogen) atoms. The van der Waals surface area contributed by atoms with Gasteiger partial charge in [-0.3, -0.25) is 4.79 Å². The van der Waals surface area contributed by atoms with Crippen LogP contribution in [0.2, 0.25) is 5.02 Å². The molecule has 0 fully saturated rings. The number of halogens is 1. The number of benzene rings is 1. The quantitative estimate of drug-likeness (QED) is 0.783. The van der Waals surface area contributed by atoms with Gasteiger partial charge in [0, 0.05) is 12.2 Å². The van der Waals surface area contributed by atoms with Gasteiger partial charge in [-0.05, 0) is 50.3 Å². The minimum Gasteiger partial charge on any atom is -0.334 e. The molecule has 4 nitrogen and oxygen atoms in total. The number of nitrogens with zero attached hydrogens (tertiary/aromatic N) is 2. The highest BCUT2D eigenvalue weighted by atomic mass is 35.5. The molecular formula is C19H26ClN3O. The molecule has 1 heterocycles. The second-order valence-corrected chi connectivity index (χ2v) is 6.59. The molecule has 0 unspecified atom stereocenters. The molecule has 1 N–H and O–H groups in total. The first-order chi connectivity index (χ1) is 11.4. The Morgan fingerprint density at radius 3 is 2.42 bits per heavy atom. The molecule has 0 saturated carbocycles. The summed E-state index contributed by atoms with van der Waals surface area (Å²) in [5.74, 6) is 0.343. The summed E-state index contributed by atoms with van der Waals surface area (Å²) in [6.45, 7) is 10.2. The van der Waals surface area contributed by atoms with Crippen LogP contribution in [-0.4, -0.2) is 9.55 Å². The molecule has 0 bridgehead atoms. The predicted octanol–water partition coefficient (Wildman–Crippen LogP) is 5.18. The summed E-state index contributed by atoms with van der Waals surface area (Å²) in [6.07, 6.45) is 4.48. The van der Waals surface area contributed by atoms with Crippen molar-refractivity contribution < 1.29 is 0 Å². The topological polar surface area (TPSA) is 46.9 Å². The summed E-state index contributed by atoms with van der Waals surface area (Å²) in [5.41, 5.74) is 3.63. The van der Waals surface area contributed by atoms with Crippen molar-refractivity contribution in [2.75, 3.05) is 5.32 Å². The van der Waals surface area contributed by atoms with Gasteiger partial charge in [0.05, 0.1) is 16.4 Å². The van der Waals surface area contributed by atoms with Crippen molar-refractivity contribution in [3.63, 3.8) is 0 Å². The fourth-order valence-corrected chi connectivity index (χ4v) is 3.33. The third-order valence-corrected chi connectivity index (χ3v) is 4.65. The molecule has 0 aliphatic heterocycles. The summed E-state index contributed by atoms with van der Waals surface area (Å²) >= 11 is 6.37. The fraction of sp³-hybridized carbons (Fsp3) is 0.474. The molecular weight excluding hydrogens is 322 g/mol. The Hall–Kier alpha value is -1.81. The molecule has 0 saturated heterocycles. The Labute approximate surface area is 148 Å². The van der Waals surface area contributed by atoms with Gasteiger partial charge in [-0.1, -0.05) is 38.4 Å². The van der Waals surface area contributed by atoms with Crippen molar-refractivity contribution in [1.29, 1.82) is 0 Å². The zero-order valence-corrected chi connectivity index (χ0v) is 15.9. The number of anilines is 2. The van der Waals surface area contributed by atoms with E-state index in [2.05, 4.69) is 24.1 Å². The highest BCUT2D eigenvalue weighted by molar-refractivity contribution is 6.33. The van der Waals surface area contributed by atoms with Gasteiger partial charge in [-0.15, -0.1) is 0 Å². The predicted molar refractivity (Wildman–Crippen MR) is 102 cm³/mol. The van der Waals surface area contributed by atoms with Crippen molar-refractivity contribution in [3.8, 4) is 0 Å². The maximum absolute atomic E-state index is 12.9. The van der Waals surface area contributed by atoms with E-state index < -0.39 is 0 Å². The third kappa shape index (κ3) is 3.81. The van der Waals surface area contributed by atoms with E-state index in [9.17, 15) is 4.79 Å². The molecule has 130 valence electrons. The lowest BCUT2D eigenvalue weighted by molar-refractivity contribution is 0.455. The second kappa shape index (κ2) is 7.84. The lowest BCUT2D eigenvalue weighted by Crippen LogP contribution is -2.28. The fourth-order valence-electron chi connectivity index (χ4n) is 2.96. The maximum atomic E-state index is 12.9. The van der Waals surface area contributed by atoms with Gasteiger partial charge >= 0.3 is 0 Å². The molecule has 1 aromatic carbocycles. The summed E-state index contributed by atoms with van der Waals surface area (Å²) in [4.78, 5) is 17.4. The zero-order valence-electron chi connectivity index (χ0n) is 15.1. The van der Waals surface area contributed by atoms with Crippen LogP contribution in [-0.2, 0) is 6.42 Å². The third-order valence-electron chi connectivity index (χ3n) is 4.35. The van der Waals surface area contributed by atoms with Gasteiger partial charge in [0.2, 0.25) is 0 Å². The average molecular weight is 348 g/mol. The summed E-state index contributed by atoms with van der Waals surface area (Å²) < 4.78 is 1.81. The monoisotopic (exact) mass is 347 g/mol. The Morgan fingerprint density at radius 1 is 1.21 bits per heavy atom. The first-order valence-electron chi connectivity index (χ1n) is 8.57. The molecule has 0 aliphatic rings. The molecule has 0 aliphatic carbocycles. The van der Waals surface area contributed by atoms with Crippen LogP contribution in [0.5, 0.6) is 0 Å². The molecule has 2 rings (SSSR count). The van der Waals surface area contributed by atoms with Crippen molar-refractivity contribution >= 4 is 23.1 Å². The number of hydrogen-bond donors (Lipinski definition) is 1. The smallest absolute Gasteiger partial charge is 0.293 e. The Bertz CT molecular complexity index is 756. The minimum absolute atomic E-state index is 0.100. The SMILES string of the molecule is CCc1cn(C(CC)CC)c(=O)c(Nc2c(C)cc(C)cc2Cl)n1. The standard InChI is InChI=1S/C19H26ClN3O/c1-6-14-11-23(15(7-2)8-3)19(24)18(21-14)22-17-13(5)9-12(4)10-16(17)20/h9-11,15H,6-8H2,1-5H3,(H,21,22). The van der Waals surface area contributed by atoms with Crippen molar-refractivity contribution in [3.05, 3.63) is 50.5 Å². The van der Waals surface area contributed by atoms with E-state index in [1.165, 1.54) is 0 Å². The van der Waals surface area contributed by atoms with Crippen LogP contribution in [0.1, 0.15) is 56.5 Å². The lowest BCUT2D eigenvalue weighted by Gasteiger charge is -2.19. The van der Waals surface area contributed by atoms with Crippen LogP contribution in [0.25, 0.3) is 0 Å². The lowest BCUT2D eigenvalue weighted by atomic mass is 10.1. The van der Waals surface area contributed by atoms with Crippen LogP contribution in [0, 0.1) is 13.8 Å². The van der Waals surface area contributed by atoms with Gasteiger partial charge in [0.1, 0.15) is 0 Å². The van der Waals surface area contributed by atoms with Crippen LogP contribution in [0.3, 0.4) is 0 Å². The first-order valence-corrected chi connectivity index (χ1v) is 8.94. The molecule has 0 amide bonds. The van der Waals surface area contributed by atoms with Crippen molar-refractivity contribution in [1.82, 2.24) is 9.55 Å². The number of nitrogens with one attached hydrogen (secondary N) is 1. The van der Waals surface area contributed by atoms with E-state index in [1.807, 2.05) is 43.7 Å². The van der Waals surface area contributed by atoms with Gasteiger partial charge in [-0.2, -0.15) is 0 Å². The van der Waals surface area contributed by atoms with Crippen molar-refractivity contribution in [2.24, 2.45) is 0 Å².